The first kappa shape index (κ1) is 13.3. The van der Waals surface area contributed by atoms with Crippen molar-refractivity contribution in [1.29, 1.82) is 0 Å². The van der Waals surface area contributed by atoms with E-state index in [0.717, 1.165) is 35.2 Å². The van der Waals surface area contributed by atoms with Gasteiger partial charge in [-0.05, 0) is 30.4 Å². The van der Waals surface area contributed by atoms with Crippen LogP contribution >= 0.6 is 0 Å². The number of fused-ring (bicyclic) bond motifs is 1. The molecule has 1 fully saturated rings. The summed E-state index contributed by atoms with van der Waals surface area (Å²) in [5.74, 6) is 2.73. The van der Waals surface area contributed by atoms with E-state index in [1.54, 1.807) is 0 Å². The molecule has 0 radical (unpaired) electrons. The molecule has 0 unspecified atom stereocenters. The molecule has 1 aromatic carbocycles. The molecule has 0 atom stereocenters. The predicted molar refractivity (Wildman–Crippen MR) is 83.8 cm³/mol. The van der Waals surface area contributed by atoms with Crippen molar-refractivity contribution in [2.24, 2.45) is 11.8 Å². The Bertz CT molecular complexity index is 559. The number of hydrogen-bond acceptors (Lipinski definition) is 3. The Morgan fingerprint density at radius 1 is 1.10 bits per heavy atom. The van der Waals surface area contributed by atoms with Gasteiger partial charge in [-0.3, -0.25) is 4.98 Å². The van der Waals surface area contributed by atoms with E-state index in [9.17, 15) is 0 Å². The number of para-hydroxylation sites is 2. The normalized spacial score (nSPS) is 22.9. The fourth-order valence-corrected chi connectivity index (χ4v) is 3.06. The van der Waals surface area contributed by atoms with Gasteiger partial charge >= 0.3 is 0 Å². The Morgan fingerprint density at radius 2 is 1.85 bits per heavy atom. The number of nitrogens with one attached hydrogen (secondary N) is 1. The summed E-state index contributed by atoms with van der Waals surface area (Å²) in [7, 11) is 0. The summed E-state index contributed by atoms with van der Waals surface area (Å²) in [5, 5.41) is 3.42. The molecule has 1 saturated carbocycles. The van der Waals surface area contributed by atoms with Crippen molar-refractivity contribution in [3.8, 4) is 0 Å². The number of benzene rings is 1. The van der Waals surface area contributed by atoms with Gasteiger partial charge in [-0.25, -0.2) is 4.98 Å². The topological polar surface area (TPSA) is 37.8 Å². The highest BCUT2D eigenvalue weighted by Gasteiger charge is 2.17. The van der Waals surface area contributed by atoms with Gasteiger partial charge in [0.05, 0.1) is 17.2 Å². The average molecular weight is 269 g/mol. The van der Waals surface area contributed by atoms with E-state index >= 15 is 0 Å². The fourth-order valence-electron chi connectivity index (χ4n) is 3.06. The van der Waals surface area contributed by atoms with Crippen LogP contribution in [0.1, 0.15) is 39.0 Å². The molecule has 3 heteroatoms. The lowest BCUT2D eigenvalue weighted by Gasteiger charge is -2.26. The molecule has 0 bridgehead atoms. The zero-order valence-corrected chi connectivity index (χ0v) is 12.2. The first-order valence-corrected chi connectivity index (χ1v) is 7.77. The highest BCUT2D eigenvalue weighted by atomic mass is 15.0. The molecule has 0 saturated heterocycles. The van der Waals surface area contributed by atoms with Crippen molar-refractivity contribution in [3.63, 3.8) is 0 Å². The van der Waals surface area contributed by atoms with E-state index in [1.165, 1.54) is 32.1 Å². The third-order valence-electron chi connectivity index (χ3n) is 4.44. The van der Waals surface area contributed by atoms with Crippen LogP contribution in [0.5, 0.6) is 0 Å². The molecule has 1 aliphatic carbocycles. The number of anilines is 1. The van der Waals surface area contributed by atoms with Gasteiger partial charge in [0.1, 0.15) is 5.82 Å². The molecule has 1 aliphatic rings. The summed E-state index contributed by atoms with van der Waals surface area (Å²) in [6.45, 7) is 3.38. The maximum atomic E-state index is 4.60. The number of nitrogens with zero attached hydrogens (tertiary/aromatic N) is 2. The lowest BCUT2D eigenvalue weighted by Crippen LogP contribution is -2.16. The Morgan fingerprint density at radius 3 is 2.65 bits per heavy atom. The summed E-state index contributed by atoms with van der Waals surface area (Å²) in [5.41, 5.74) is 1.92. The summed E-state index contributed by atoms with van der Waals surface area (Å²) in [6, 6.07) is 8.00. The SMILES string of the molecule is CC1CCC(CCNc2cnc3ccccc3n2)CC1. The van der Waals surface area contributed by atoms with Gasteiger partial charge in [0.2, 0.25) is 0 Å². The van der Waals surface area contributed by atoms with Gasteiger partial charge in [-0.15, -0.1) is 0 Å². The monoisotopic (exact) mass is 269 g/mol. The van der Waals surface area contributed by atoms with Crippen molar-refractivity contribution in [2.45, 2.75) is 39.0 Å². The maximum Gasteiger partial charge on any atom is 0.145 e. The number of aromatic nitrogens is 2. The molecular formula is C17H23N3. The molecule has 3 rings (SSSR count). The summed E-state index contributed by atoms with van der Waals surface area (Å²) in [6.07, 6.45) is 8.69. The molecule has 106 valence electrons. The summed E-state index contributed by atoms with van der Waals surface area (Å²) >= 11 is 0. The van der Waals surface area contributed by atoms with Crippen LogP contribution in [-0.2, 0) is 0 Å². The first-order chi connectivity index (χ1) is 9.81. The Hall–Kier alpha value is -1.64. The van der Waals surface area contributed by atoms with Crippen LogP contribution in [0.2, 0.25) is 0 Å². The summed E-state index contributed by atoms with van der Waals surface area (Å²) in [4.78, 5) is 9.03. The van der Waals surface area contributed by atoms with Crippen LogP contribution in [0.4, 0.5) is 5.82 Å². The fraction of sp³-hybridized carbons (Fsp3) is 0.529. The van der Waals surface area contributed by atoms with Crippen LogP contribution in [-0.4, -0.2) is 16.5 Å². The minimum atomic E-state index is 0.895. The van der Waals surface area contributed by atoms with Gasteiger partial charge in [0.15, 0.2) is 0 Å². The van der Waals surface area contributed by atoms with Crippen molar-refractivity contribution < 1.29 is 0 Å². The van der Waals surface area contributed by atoms with E-state index in [4.69, 9.17) is 0 Å². The van der Waals surface area contributed by atoms with E-state index in [-0.39, 0.29) is 0 Å². The highest BCUT2D eigenvalue weighted by Crippen LogP contribution is 2.30. The molecule has 2 aromatic rings. The Balaban J connectivity index is 1.52. The zero-order chi connectivity index (χ0) is 13.8. The zero-order valence-electron chi connectivity index (χ0n) is 12.2. The molecule has 0 aliphatic heterocycles. The van der Waals surface area contributed by atoms with Gasteiger partial charge in [0.25, 0.3) is 0 Å². The third-order valence-corrected chi connectivity index (χ3v) is 4.44. The largest absolute Gasteiger partial charge is 0.369 e. The molecule has 1 aromatic heterocycles. The average Bonchev–Trinajstić information content (AvgIpc) is 2.49. The van der Waals surface area contributed by atoms with Gasteiger partial charge in [-0.2, -0.15) is 0 Å². The minimum Gasteiger partial charge on any atom is -0.369 e. The second-order valence-electron chi connectivity index (χ2n) is 6.09. The molecular weight excluding hydrogens is 246 g/mol. The van der Waals surface area contributed by atoms with Crippen LogP contribution in [0.15, 0.2) is 30.5 Å². The minimum absolute atomic E-state index is 0.895. The van der Waals surface area contributed by atoms with Crippen LogP contribution in [0.25, 0.3) is 11.0 Å². The molecule has 1 N–H and O–H groups in total. The van der Waals surface area contributed by atoms with E-state index < -0.39 is 0 Å². The lowest BCUT2D eigenvalue weighted by molar-refractivity contribution is 0.282. The van der Waals surface area contributed by atoms with Crippen LogP contribution in [0, 0.1) is 11.8 Å². The highest BCUT2D eigenvalue weighted by molar-refractivity contribution is 5.75. The predicted octanol–water partition coefficient (Wildman–Crippen LogP) is 4.26. The molecule has 1 heterocycles. The smallest absolute Gasteiger partial charge is 0.145 e. The number of rotatable bonds is 4. The lowest BCUT2D eigenvalue weighted by atomic mass is 9.81. The van der Waals surface area contributed by atoms with Gasteiger partial charge < -0.3 is 5.32 Å². The van der Waals surface area contributed by atoms with Crippen LogP contribution in [0.3, 0.4) is 0 Å². The quantitative estimate of drug-likeness (QED) is 0.901. The van der Waals surface area contributed by atoms with Crippen molar-refractivity contribution in [3.05, 3.63) is 30.5 Å². The van der Waals surface area contributed by atoms with Crippen molar-refractivity contribution >= 4 is 16.9 Å². The molecule has 3 nitrogen and oxygen atoms in total. The van der Waals surface area contributed by atoms with E-state index in [2.05, 4.69) is 22.2 Å². The second kappa shape index (κ2) is 6.21. The van der Waals surface area contributed by atoms with Crippen molar-refractivity contribution in [2.75, 3.05) is 11.9 Å². The van der Waals surface area contributed by atoms with E-state index in [0.29, 0.717) is 0 Å². The van der Waals surface area contributed by atoms with Gasteiger partial charge in [-0.1, -0.05) is 44.7 Å². The van der Waals surface area contributed by atoms with Gasteiger partial charge in [0, 0.05) is 6.54 Å². The Kier molecular flexibility index (Phi) is 4.14. The molecule has 0 amide bonds. The summed E-state index contributed by atoms with van der Waals surface area (Å²) < 4.78 is 0. The Labute approximate surface area is 120 Å². The standard InChI is InChI=1S/C17H23N3/c1-13-6-8-14(9-7-13)10-11-18-17-12-19-15-4-2-3-5-16(15)20-17/h2-5,12-14H,6-11H2,1H3,(H,18,20). The number of hydrogen-bond donors (Lipinski definition) is 1. The maximum absolute atomic E-state index is 4.60. The third kappa shape index (κ3) is 3.27. The van der Waals surface area contributed by atoms with Crippen molar-refractivity contribution in [1.82, 2.24) is 9.97 Å². The second-order valence-corrected chi connectivity index (χ2v) is 6.09. The first-order valence-electron chi connectivity index (χ1n) is 7.77. The molecule has 20 heavy (non-hydrogen) atoms. The van der Waals surface area contributed by atoms with E-state index in [1.807, 2.05) is 30.5 Å². The van der Waals surface area contributed by atoms with Crippen LogP contribution < -0.4 is 5.32 Å². The molecule has 0 spiro atoms.